The molecule has 0 amide bonds. The molecule has 1 aromatic carbocycles. The van der Waals surface area contributed by atoms with Gasteiger partial charge in [0.2, 0.25) is 10.0 Å². The Balaban J connectivity index is 1.66. The van der Waals surface area contributed by atoms with Gasteiger partial charge in [-0.3, -0.25) is 0 Å². The first-order valence-electron chi connectivity index (χ1n) is 10.2. The average molecular weight is 418 g/mol. The molecule has 1 aliphatic rings. The van der Waals surface area contributed by atoms with Crippen molar-refractivity contribution in [2.45, 2.75) is 84.3 Å². The number of hydrogen-bond acceptors (Lipinski definition) is 5. The van der Waals surface area contributed by atoms with Crippen LogP contribution in [0.4, 0.5) is 0 Å². The van der Waals surface area contributed by atoms with E-state index in [-0.39, 0.29) is 12.1 Å². The van der Waals surface area contributed by atoms with Gasteiger partial charge < -0.3 is 4.74 Å². The van der Waals surface area contributed by atoms with E-state index >= 15 is 0 Å². The normalized spacial score (nSPS) is 19.9. The van der Waals surface area contributed by atoms with Gasteiger partial charge in [-0.1, -0.05) is 6.07 Å². The first kappa shape index (κ1) is 21.7. The molecule has 0 saturated heterocycles. The largest absolute Gasteiger partial charge is 0.460 e. The number of sulfonamides is 1. The average Bonchev–Trinajstić information content (AvgIpc) is 2.60. The van der Waals surface area contributed by atoms with Crippen LogP contribution in [0.25, 0.3) is 0 Å². The van der Waals surface area contributed by atoms with Gasteiger partial charge in [-0.25, -0.2) is 23.1 Å². The van der Waals surface area contributed by atoms with Crippen molar-refractivity contribution in [3.63, 3.8) is 0 Å². The molecule has 3 rings (SSSR count). The molecule has 158 valence electrons. The number of ether oxygens (including phenoxy) is 1. The van der Waals surface area contributed by atoms with Crippen molar-refractivity contribution in [3.8, 4) is 6.01 Å². The zero-order valence-corrected chi connectivity index (χ0v) is 19.0. The van der Waals surface area contributed by atoms with Crippen LogP contribution in [0.5, 0.6) is 6.01 Å². The zero-order chi connectivity index (χ0) is 21.3. The van der Waals surface area contributed by atoms with E-state index in [9.17, 15) is 8.42 Å². The van der Waals surface area contributed by atoms with Crippen molar-refractivity contribution in [3.05, 3.63) is 45.8 Å². The van der Waals surface area contributed by atoms with Crippen LogP contribution in [0.1, 0.15) is 59.3 Å². The van der Waals surface area contributed by atoms with Gasteiger partial charge in [-0.15, -0.1) is 0 Å². The van der Waals surface area contributed by atoms with Gasteiger partial charge in [0.15, 0.2) is 0 Å². The summed E-state index contributed by atoms with van der Waals surface area (Å²) in [7, 11) is -3.57. The Kier molecular flexibility index (Phi) is 6.29. The van der Waals surface area contributed by atoms with E-state index in [1.165, 1.54) is 0 Å². The summed E-state index contributed by atoms with van der Waals surface area (Å²) >= 11 is 0. The quantitative estimate of drug-likeness (QED) is 0.795. The first-order valence-corrected chi connectivity index (χ1v) is 11.6. The van der Waals surface area contributed by atoms with Crippen LogP contribution in [0.3, 0.4) is 0 Å². The second kappa shape index (κ2) is 8.40. The lowest BCUT2D eigenvalue weighted by Gasteiger charge is -2.29. The minimum atomic E-state index is -3.57. The fourth-order valence-electron chi connectivity index (χ4n) is 4.06. The predicted molar refractivity (Wildman–Crippen MR) is 114 cm³/mol. The van der Waals surface area contributed by atoms with Gasteiger partial charge in [0.05, 0.1) is 4.90 Å². The number of nitrogens with zero attached hydrogens (tertiary/aromatic N) is 2. The lowest BCUT2D eigenvalue weighted by molar-refractivity contribution is 0.131. The first-order chi connectivity index (χ1) is 13.6. The molecule has 29 heavy (non-hydrogen) atoms. The molecule has 0 atom stereocenters. The Bertz CT molecular complexity index is 964. The highest BCUT2D eigenvalue weighted by Gasteiger charge is 2.29. The molecule has 0 unspecified atom stereocenters. The Morgan fingerprint density at radius 2 is 1.38 bits per heavy atom. The summed E-state index contributed by atoms with van der Waals surface area (Å²) in [4.78, 5) is 9.10. The molecule has 1 heterocycles. The number of benzene rings is 1. The summed E-state index contributed by atoms with van der Waals surface area (Å²) in [6.07, 6.45) is 3.03. The molecule has 0 bridgehead atoms. The van der Waals surface area contributed by atoms with E-state index < -0.39 is 10.0 Å². The Labute approximate surface area is 174 Å². The molecule has 0 spiro atoms. The van der Waals surface area contributed by atoms with Gasteiger partial charge in [-0.2, -0.15) is 0 Å². The lowest BCUT2D eigenvalue weighted by Crippen LogP contribution is -2.40. The molecular weight excluding hydrogens is 386 g/mol. The summed E-state index contributed by atoms with van der Waals surface area (Å²) < 4.78 is 35.1. The SMILES string of the molecule is Cc1cc(C)nc(OC2CCC(NS(=O)(=O)c3c(C)c(C)cc(C)c3C)CC2)n1. The second-order valence-corrected chi connectivity index (χ2v) is 9.89. The van der Waals surface area contributed by atoms with E-state index in [1.54, 1.807) is 0 Å². The molecule has 1 saturated carbocycles. The number of nitrogens with one attached hydrogen (secondary N) is 1. The molecular formula is C22H31N3O3S. The molecule has 2 aromatic rings. The van der Waals surface area contributed by atoms with Crippen LogP contribution in [0.2, 0.25) is 0 Å². The maximum Gasteiger partial charge on any atom is 0.317 e. The molecule has 1 aliphatic carbocycles. The van der Waals surface area contributed by atoms with Gasteiger partial charge in [0, 0.05) is 17.4 Å². The molecule has 0 aliphatic heterocycles. The van der Waals surface area contributed by atoms with Crippen molar-refractivity contribution in [1.29, 1.82) is 0 Å². The van der Waals surface area contributed by atoms with E-state index in [4.69, 9.17) is 4.74 Å². The van der Waals surface area contributed by atoms with Gasteiger partial charge in [0.1, 0.15) is 6.10 Å². The lowest BCUT2D eigenvalue weighted by atomic mass is 9.94. The Morgan fingerprint density at radius 1 is 0.862 bits per heavy atom. The smallest absolute Gasteiger partial charge is 0.317 e. The third-order valence-corrected chi connectivity index (χ3v) is 7.59. The molecule has 6 nitrogen and oxygen atoms in total. The van der Waals surface area contributed by atoms with Crippen molar-refractivity contribution < 1.29 is 13.2 Å². The summed E-state index contributed by atoms with van der Waals surface area (Å²) in [5.74, 6) is 0. The van der Waals surface area contributed by atoms with Crippen molar-refractivity contribution in [2.24, 2.45) is 0 Å². The van der Waals surface area contributed by atoms with Crippen molar-refractivity contribution in [2.75, 3.05) is 0 Å². The topological polar surface area (TPSA) is 81.2 Å². The number of aryl methyl sites for hydroxylation is 4. The second-order valence-electron chi connectivity index (χ2n) is 8.24. The van der Waals surface area contributed by atoms with Gasteiger partial charge in [-0.05, 0) is 95.5 Å². The molecule has 1 fully saturated rings. The Hall–Kier alpha value is -1.99. The van der Waals surface area contributed by atoms with E-state index in [1.807, 2.05) is 53.7 Å². The maximum absolute atomic E-state index is 13.1. The van der Waals surface area contributed by atoms with Gasteiger partial charge in [0.25, 0.3) is 0 Å². The number of hydrogen-bond donors (Lipinski definition) is 1. The van der Waals surface area contributed by atoms with E-state index in [0.29, 0.717) is 10.9 Å². The molecule has 1 aromatic heterocycles. The van der Waals surface area contributed by atoms with Crippen LogP contribution in [0.15, 0.2) is 17.0 Å². The van der Waals surface area contributed by atoms with Crippen molar-refractivity contribution in [1.82, 2.24) is 14.7 Å². The summed E-state index contributed by atoms with van der Waals surface area (Å²) in [6, 6.07) is 4.28. The highest BCUT2D eigenvalue weighted by atomic mass is 32.2. The highest BCUT2D eigenvalue weighted by molar-refractivity contribution is 7.89. The van der Waals surface area contributed by atoms with E-state index in [0.717, 1.165) is 59.3 Å². The fraction of sp³-hybridized carbons (Fsp3) is 0.545. The van der Waals surface area contributed by atoms with E-state index in [2.05, 4.69) is 14.7 Å². The number of aromatic nitrogens is 2. The molecule has 1 N–H and O–H groups in total. The van der Waals surface area contributed by atoms with Crippen LogP contribution < -0.4 is 9.46 Å². The predicted octanol–water partition coefficient (Wildman–Crippen LogP) is 4.00. The standard InChI is InChI=1S/C22H31N3O3S/c1-13-11-14(2)18(6)21(17(13)5)29(26,27)25-19-7-9-20(10-8-19)28-22-23-15(3)12-16(4)24-22/h11-12,19-20,25H,7-10H2,1-6H3. The maximum atomic E-state index is 13.1. The summed E-state index contributed by atoms with van der Waals surface area (Å²) in [5.41, 5.74) is 5.41. The third kappa shape index (κ3) is 4.95. The monoisotopic (exact) mass is 417 g/mol. The minimum absolute atomic E-state index is 0.0154. The summed E-state index contributed by atoms with van der Waals surface area (Å²) in [5, 5.41) is 0. The minimum Gasteiger partial charge on any atom is -0.460 e. The fourth-order valence-corrected chi connectivity index (χ4v) is 5.98. The van der Waals surface area contributed by atoms with Crippen LogP contribution in [-0.2, 0) is 10.0 Å². The van der Waals surface area contributed by atoms with Crippen molar-refractivity contribution >= 4 is 10.0 Å². The third-order valence-electron chi connectivity index (χ3n) is 5.80. The van der Waals surface area contributed by atoms with Crippen LogP contribution in [0, 0.1) is 41.5 Å². The molecule has 7 heteroatoms. The summed E-state index contributed by atoms with van der Waals surface area (Å²) in [6.45, 7) is 11.5. The van der Waals surface area contributed by atoms with Crippen LogP contribution >= 0.6 is 0 Å². The Morgan fingerprint density at radius 3 is 1.90 bits per heavy atom. The van der Waals surface area contributed by atoms with Gasteiger partial charge >= 0.3 is 6.01 Å². The van der Waals surface area contributed by atoms with Crippen LogP contribution in [-0.4, -0.2) is 30.5 Å². The zero-order valence-electron chi connectivity index (χ0n) is 18.2. The molecule has 0 radical (unpaired) electrons. The highest BCUT2D eigenvalue weighted by Crippen LogP contribution is 2.28. The number of rotatable bonds is 5.